The molecule has 0 aliphatic carbocycles. The van der Waals surface area contributed by atoms with E-state index in [1.54, 1.807) is 18.3 Å². The Bertz CT molecular complexity index is 734. The lowest BCUT2D eigenvalue weighted by Crippen LogP contribution is -2.04. The average Bonchev–Trinajstić information content (AvgIpc) is 2.87. The monoisotopic (exact) mass is 309 g/mol. The van der Waals surface area contributed by atoms with Crippen LogP contribution in [0, 0.1) is 0 Å². The molecule has 7 heteroatoms. The largest absolute Gasteiger partial charge is 0.416 e. The molecule has 0 saturated heterocycles. The summed E-state index contributed by atoms with van der Waals surface area (Å²) in [6, 6.07) is 8.96. The molecule has 2 aromatic heterocycles. The Morgan fingerprint density at radius 3 is 2.76 bits per heavy atom. The van der Waals surface area contributed by atoms with E-state index < -0.39 is 11.7 Å². The Hall–Kier alpha value is -2.02. The number of hydrogen-bond donors (Lipinski definition) is 1. The second-order valence-corrected chi connectivity index (χ2v) is 5.37. The van der Waals surface area contributed by atoms with Crippen molar-refractivity contribution in [3.05, 3.63) is 53.7 Å². The van der Waals surface area contributed by atoms with Crippen LogP contribution < -0.4 is 0 Å². The Balaban J connectivity index is 1.75. The molecule has 0 amide bonds. The molecule has 0 spiro atoms. The molecule has 3 nitrogen and oxygen atoms in total. The van der Waals surface area contributed by atoms with Gasteiger partial charge in [-0.1, -0.05) is 30.0 Å². The number of hydrogen-bond acceptors (Lipinski definition) is 3. The van der Waals surface area contributed by atoms with Gasteiger partial charge in [0, 0.05) is 11.9 Å². The van der Waals surface area contributed by atoms with Crippen molar-refractivity contribution in [1.82, 2.24) is 15.0 Å². The minimum absolute atomic E-state index is 0.406. The van der Waals surface area contributed by atoms with Crippen molar-refractivity contribution in [2.24, 2.45) is 0 Å². The van der Waals surface area contributed by atoms with Crippen LogP contribution in [-0.2, 0) is 11.9 Å². The summed E-state index contributed by atoms with van der Waals surface area (Å²) in [6.07, 6.45) is -2.67. The third-order valence-electron chi connectivity index (χ3n) is 2.87. The zero-order chi connectivity index (χ0) is 14.9. The number of benzene rings is 1. The Morgan fingerprint density at radius 1 is 1.14 bits per heavy atom. The predicted octanol–water partition coefficient (Wildman–Crippen LogP) is 4.27. The van der Waals surface area contributed by atoms with Crippen molar-refractivity contribution in [3.63, 3.8) is 0 Å². The van der Waals surface area contributed by atoms with Crippen LogP contribution in [0.15, 0.2) is 47.8 Å². The number of rotatable bonds is 3. The SMILES string of the molecule is FC(F)(F)c1cccc(CSc2nc3ncccc3[nH]2)c1. The highest BCUT2D eigenvalue weighted by Crippen LogP contribution is 2.31. The first-order valence-electron chi connectivity index (χ1n) is 6.12. The van der Waals surface area contributed by atoms with Crippen LogP contribution in [0.3, 0.4) is 0 Å². The van der Waals surface area contributed by atoms with Crippen LogP contribution in [0.2, 0.25) is 0 Å². The molecule has 3 aromatic rings. The average molecular weight is 309 g/mol. The molecule has 0 aliphatic rings. The molecular formula is C14H10F3N3S. The smallest absolute Gasteiger partial charge is 0.332 e. The lowest BCUT2D eigenvalue weighted by atomic mass is 10.1. The standard InChI is InChI=1S/C14H10F3N3S/c15-14(16,17)10-4-1-3-9(7-10)8-21-13-19-11-5-2-6-18-12(11)20-13/h1-7H,8H2,(H,18,19,20). The van der Waals surface area contributed by atoms with Crippen LogP contribution in [0.25, 0.3) is 11.2 Å². The molecule has 0 aliphatic heterocycles. The van der Waals surface area contributed by atoms with Crippen LogP contribution in [0.1, 0.15) is 11.1 Å². The Kier molecular flexibility index (Phi) is 3.59. The van der Waals surface area contributed by atoms with Crippen molar-refractivity contribution in [2.75, 3.05) is 0 Å². The topological polar surface area (TPSA) is 41.6 Å². The summed E-state index contributed by atoms with van der Waals surface area (Å²) in [7, 11) is 0. The molecule has 0 radical (unpaired) electrons. The van der Waals surface area contributed by atoms with Crippen molar-refractivity contribution in [3.8, 4) is 0 Å². The minimum atomic E-state index is -4.32. The molecule has 0 bridgehead atoms. The number of aromatic nitrogens is 3. The molecule has 2 heterocycles. The quantitative estimate of drug-likeness (QED) is 0.735. The number of nitrogens with one attached hydrogen (secondary N) is 1. The van der Waals surface area contributed by atoms with Gasteiger partial charge in [-0.2, -0.15) is 13.2 Å². The third kappa shape index (κ3) is 3.18. The highest BCUT2D eigenvalue weighted by molar-refractivity contribution is 7.98. The van der Waals surface area contributed by atoms with Crippen molar-refractivity contribution >= 4 is 22.9 Å². The zero-order valence-corrected chi connectivity index (χ0v) is 11.5. The molecule has 0 saturated carbocycles. The summed E-state index contributed by atoms with van der Waals surface area (Å²) >= 11 is 1.34. The molecule has 1 aromatic carbocycles. The van der Waals surface area contributed by atoms with Gasteiger partial charge >= 0.3 is 6.18 Å². The number of nitrogens with zero attached hydrogens (tertiary/aromatic N) is 2. The maximum Gasteiger partial charge on any atom is 0.416 e. The van der Waals surface area contributed by atoms with Gasteiger partial charge in [-0.15, -0.1) is 0 Å². The second-order valence-electron chi connectivity index (χ2n) is 4.40. The number of pyridine rings is 1. The van der Waals surface area contributed by atoms with Gasteiger partial charge in [-0.3, -0.25) is 0 Å². The fourth-order valence-electron chi connectivity index (χ4n) is 1.88. The predicted molar refractivity (Wildman–Crippen MR) is 74.9 cm³/mol. The van der Waals surface area contributed by atoms with E-state index in [1.807, 2.05) is 6.07 Å². The first kappa shape index (κ1) is 13.9. The van der Waals surface area contributed by atoms with E-state index in [9.17, 15) is 13.2 Å². The van der Waals surface area contributed by atoms with E-state index >= 15 is 0 Å². The van der Waals surface area contributed by atoms with Crippen molar-refractivity contribution in [1.29, 1.82) is 0 Å². The number of halogens is 3. The number of fused-ring (bicyclic) bond motifs is 1. The van der Waals surface area contributed by atoms with E-state index in [1.165, 1.54) is 17.8 Å². The molecule has 1 N–H and O–H groups in total. The van der Waals surface area contributed by atoms with Crippen molar-refractivity contribution in [2.45, 2.75) is 17.1 Å². The normalized spacial score (nSPS) is 12.0. The van der Waals surface area contributed by atoms with E-state index in [2.05, 4.69) is 15.0 Å². The maximum absolute atomic E-state index is 12.6. The van der Waals surface area contributed by atoms with Gasteiger partial charge in [0.1, 0.15) is 0 Å². The summed E-state index contributed by atoms with van der Waals surface area (Å²) in [6.45, 7) is 0. The minimum Gasteiger partial charge on any atom is -0.332 e. The Morgan fingerprint density at radius 2 is 2.00 bits per heavy atom. The lowest BCUT2D eigenvalue weighted by molar-refractivity contribution is -0.137. The maximum atomic E-state index is 12.6. The van der Waals surface area contributed by atoms with Gasteiger partial charge in [0.15, 0.2) is 10.8 Å². The summed E-state index contributed by atoms with van der Waals surface area (Å²) in [5, 5.41) is 0.640. The van der Waals surface area contributed by atoms with Gasteiger partial charge in [0.05, 0.1) is 11.1 Å². The molecular weight excluding hydrogens is 299 g/mol. The Labute approximate surface area is 122 Å². The molecule has 0 atom stereocenters. The molecule has 0 fully saturated rings. The number of alkyl halides is 3. The van der Waals surface area contributed by atoms with E-state index in [4.69, 9.17) is 0 Å². The highest BCUT2D eigenvalue weighted by atomic mass is 32.2. The fraction of sp³-hybridized carbons (Fsp3) is 0.143. The number of H-pyrrole nitrogens is 1. The molecule has 21 heavy (non-hydrogen) atoms. The summed E-state index contributed by atoms with van der Waals surface area (Å²) in [5.74, 6) is 0.406. The number of aromatic amines is 1. The van der Waals surface area contributed by atoms with Crippen LogP contribution in [0.5, 0.6) is 0 Å². The van der Waals surface area contributed by atoms with Gasteiger partial charge in [0.2, 0.25) is 0 Å². The highest BCUT2D eigenvalue weighted by Gasteiger charge is 2.30. The first-order valence-corrected chi connectivity index (χ1v) is 7.10. The summed E-state index contributed by atoms with van der Waals surface area (Å²) in [5.41, 5.74) is 1.38. The van der Waals surface area contributed by atoms with Gasteiger partial charge in [-0.25, -0.2) is 9.97 Å². The first-order chi connectivity index (χ1) is 10.0. The summed E-state index contributed by atoms with van der Waals surface area (Å²) < 4.78 is 37.9. The van der Waals surface area contributed by atoms with E-state index in [0.717, 1.165) is 17.6 Å². The lowest BCUT2D eigenvalue weighted by Gasteiger charge is -2.07. The van der Waals surface area contributed by atoms with Gasteiger partial charge in [-0.05, 0) is 23.8 Å². The van der Waals surface area contributed by atoms with Crippen LogP contribution in [-0.4, -0.2) is 15.0 Å². The fourth-order valence-corrected chi connectivity index (χ4v) is 2.70. The zero-order valence-electron chi connectivity index (χ0n) is 10.7. The van der Waals surface area contributed by atoms with Gasteiger partial charge < -0.3 is 4.98 Å². The number of thioether (sulfide) groups is 1. The van der Waals surface area contributed by atoms with E-state index in [-0.39, 0.29) is 0 Å². The van der Waals surface area contributed by atoms with Crippen molar-refractivity contribution < 1.29 is 13.2 Å². The van der Waals surface area contributed by atoms with Crippen LogP contribution >= 0.6 is 11.8 Å². The third-order valence-corrected chi connectivity index (χ3v) is 3.81. The van der Waals surface area contributed by atoms with Gasteiger partial charge in [0.25, 0.3) is 0 Å². The number of imidazole rings is 1. The molecule has 3 rings (SSSR count). The second kappa shape index (κ2) is 5.40. The molecule has 0 unspecified atom stereocenters. The molecule has 108 valence electrons. The van der Waals surface area contributed by atoms with Crippen LogP contribution in [0.4, 0.5) is 13.2 Å². The summed E-state index contributed by atoms with van der Waals surface area (Å²) in [4.78, 5) is 11.4. The van der Waals surface area contributed by atoms with E-state index in [0.29, 0.717) is 22.1 Å².